The first-order chi connectivity index (χ1) is 4.42. The third-order valence-electron chi connectivity index (χ3n) is 2.35. The van der Waals surface area contributed by atoms with Gasteiger partial charge in [-0.2, -0.15) is 0 Å². The summed E-state index contributed by atoms with van der Waals surface area (Å²) in [6, 6.07) is 0.347. The summed E-state index contributed by atoms with van der Waals surface area (Å²) >= 11 is 0. The van der Waals surface area contributed by atoms with Crippen molar-refractivity contribution in [2.45, 2.75) is 6.04 Å². The molecule has 1 aliphatic carbocycles. The van der Waals surface area contributed by atoms with E-state index in [1.165, 1.54) is 0 Å². The van der Waals surface area contributed by atoms with Gasteiger partial charge in [-0.3, -0.25) is 0 Å². The molecule has 3 atom stereocenters. The number of aliphatic hydroxyl groups is 1. The van der Waals surface area contributed by atoms with Gasteiger partial charge in [0.1, 0.15) is 0 Å². The van der Waals surface area contributed by atoms with Gasteiger partial charge in [0.05, 0.1) is 6.61 Å². The first-order valence-electron chi connectivity index (χ1n) is 3.44. The number of fused-ring (bicyclic) bond motifs is 1. The average molecular weight is 162 g/mol. The lowest BCUT2D eigenvalue weighted by Gasteiger charge is -2.23. The highest BCUT2D eigenvalue weighted by atomic mass is 35.5. The summed E-state index contributed by atoms with van der Waals surface area (Å²) in [7, 11) is 0. The molecule has 2 N–H and O–H groups in total. The molecule has 0 saturated carbocycles. The first-order valence-corrected chi connectivity index (χ1v) is 3.44. The van der Waals surface area contributed by atoms with Crippen LogP contribution in [0.5, 0.6) is 0 Å². The zero-order valence-electron chi connectivity index (χ0n) is 5.66. The molecule has 0 aromatic heterocycles. The van der Waals surface area contributed by atoms with Crippen LogP contribution in [0.2, 0.25) is 0 Å². The standard InChI is InChI=1S/C7H11NO.ClH/c9-4-7-6-2-1-5(6)3-8-7;/h1-2,5-9H,3-4H2;1H/t5-,6-,7-;/m1./s1. The Hall–Kier alpha value is -0.0500. The molecule has 0 radical (unpaired) electrons. The van der Waals surface area contributed by atoms with Crippen LogP contribution in [0.3, 0.4) is 0 Å². The van der Waals surface area contributed by atoms with Gasteiger partial charge in [0.15, 0.2) is 0 Å². The maximum atomic E-state index is 8.79. The molecule has 1 fully saturated rings. The highest BCUT2D eigenvalue weighted by Crippen LogP contribution is 2.32. The predicted octanol–water partition coefficient (Wildman–Crippen LogP) is 0.174. The van der Waals surface area contributed by atoms with Crippen molar-refractivity contribution in [3.8, 4) is 0 Å². The smallest absolute Gasteiger partial charge is 0.0590 e. The summed E-state index contributed by atoms with van der Waals surface area (Å²) in [6.45, 7) is 1.35. The number of halogens is 1. The molecular formula is C7H12ClNO. The van der Waals surface area contributed by atoms with E-state index in [-0.39, 0.29) is 19.0 Å². The highest BCUT2D eigenvalue weighted by Gasteiger charge is 2.36. The van der Waals surface area contributed by atoms with Crippen LogP contribution in [0.15, 0.2) is 12.2 Å². The van der Waals surface area contributed by atoms with Crippen molar-refractivity contribution in [3.05, 3.63) is 12.2 Å². The van der Waals surface area contributed by atoms with E-state index in [2.05, 4.69) is 17.5 Å². The van der Waals surface area contributed by atoms with E-state index in [1.807, 2.05) is 0 Å². The molecule has 2 rings (SSSR count). The van der Waals surface area contributed by atoms with Gasteiger partial charge in [0.2, 0.25) is 0 Å². The van der Waals surface area contributed by atoms with Crippen molar-refractivity contribution in [1.82, 2.24) is 5.32 Å². The second-order valence-corrected chi connectivity index (χ2v) is 2.82. The van der Waals surface area contributed by atoms with Crippen LogP contribution in [0.1, 0.15) is 0 Å². The Kier molecular flexibility index (Phi) is 2.34. The topological polar surface area (TPSA) is 32.3 Å². The second-order valence-electron chi connectivity index (χ2n) is 2.82. The minimum absolute atomic E-state index is 0. The molecule has 1 saturated heterocycles. The number of hydrogen-bond donors (Lipinski definition) is 2. The van der Waals surface area contributed by atoms with E-state index >= 15 is 0 Å². The van der Waals surface area contributed by atoms with Crippen molar-refractivity contribution >= 4 is 12.4 Å². The molecule has 0 aromatic rings. The fourth-order valence-electron chi connectivity index (χ4n) is 1.64. The van der Waals surface area contributed by atoms with Crippen molar-refractivity contribution < 1.29 is 5.11 Å². The molecule has 2 aliphatic rings. The molecule has 0 amide bonds. The van der Waals surface area contributed by atoms with Gasteiger partial charge in [-0.15, -0.1) is 12.4 Å². The molecule has 0 unspecified atom stereocenters. The van der Waals surface area contributed by atoms with Crippen LogP contribution >= 0.6 is 12.4 Å². The van der Waals surface area contributed by atoms with Gasteiger partial charge in [0.25, 0.3) is 0 Å². The summed E-state index contributed by atoms with van der Waals surface area (Å²) in [5.41, 5.74) is 0. The van der Waals surface area contributed by atoms with Gasteiger partial charge in [0, 0.05) is 18.5 Å². The fraction of sp³-hybridized carbons (Fsp3) is 0.714. The molecule has 10 heavy (non-hydrogen) atoms. The van der Waals surface area contributed by atoms with Crippen molar-refractivity contribution in [3.63, 3.8) is 0 Å². The average Bonchev–Trinajstić information content (AvgIpc) is 2.07. The quantitative estimate of drug-likeness (QED) is 0.538. The molecule has 1 heterocycles. The van der Waals surface area contributed by atoms with Crippen LogP contribution in [-0.2, 0) is 0 Å². The SMILES string of the molecule is Cl.OC[C@H]1NC[C@H]2C=C[C@H]21. The summed E-state index contributed by atoms with van der Waals surface area (Å²) in [6.07, 6.45) is 4.40. The van der Waals surface area contributed by atoms with Crippen LogP contribution < -0.4 is 5.32 Å². The van der Waals surface area contributed by atoms with Gasteiger partial charge in [-0.1, -0.05) is 12.2 Å². The molecular weight excluding hydrogens is 150 g/mol. The zero-order valence-corrected chi connectivity index (χ0v) is 6.47. The highest BCUT2D eigenvalue weighted by molar-refractivity contribution is 5.85. The van der Waals surface area contributed by atoms with Gasteiger partial charge < -0.3 is 10.4 Å². The number of rotatable bonds is 1. The Labute approximate surface area is 66.7 Å². The van der Waals surface area contributed by atoms with Gasteiger partial charge in [-0.05, 0) is 5.92 Å². The Morgan fingerprint density at radius 1 is 1.50 bits per heavy atom. The normalized spacial score (nSPS) is 41.9. The van der Waals surface area contributed by atoms with E-state index in [0.29, 0.717) is 12.0 Å². The largest absolute Gasteiger partial charge is 0.395 e. The van der Waals surface area contributed by atoms with E-state index in [0.717, 1.165) is 12.5 Å². The molecule has 0 aromatic carbocycles. The molecule has 0 spiro atoms. The monoisotopic (exact) mass is 161 g/mol. The minimum Gasteiger partial charge on any atom is -0.395 e. The van der Waals surface area contributed by atoms with Crippen molar-refractivity contribution in [1.29, 1.82) is 0 Å². The van der Waals surface area contributed by atoms with E-state index < -0.39 is 0 Å². The Balaban J connectivity index is 0.000000500. The molecule has 0 bridgehead atoms. The third-order valence-corrected chi connectivity index (χ3v) is 2.35. The number of nitrogens with one attached hydrogen (secondary N) is 1. The predicted molar refractivity (Wildman–Crippen MR) is 42.2 cm³/mol. The van der Waals surface area contributed by atoms with E-state index in [4.69, 9.17) is 5.11 Å². The van der Waals surface area contributed by atoms with Crippen molar-refractivity contribution in [2.24, 2.45) is 11.8 Å². The Morgan fingerprint density at radius 2 is 2.30 bits per heavy atom. The maximum Gasteiger partial charge on any atom is 0.0590 e. The minimum atomic E-state index is 0. The van der Waals surface area contributed by atoms with Crippen molar-refractivity contribution in [2.75, 3.05) is 13.2 Å². The van der Waals surface area contributed by atoms with Crippen LogP contribution in [0.4, 0.5) is 0 Å². The lowest BCUT2D eigenvalue weighted by Crippen LogP contribution is -2.31. The van der Waals surface area contributed by atoms with Gasteiger partial charge >= 0.3 is 0 Å². The lowest BCUT2D eigenvalue weighted by atomic mass is 9.81. The molecule has 58 valence electrons. The lowest BCUT2D eigenvalue weighted by molar-refractivity contribution is 0.232. The number of aliphatic hydroxyl groups excluding tert-OH is 1. The summed E-state index contributed by atoms with van der Waals surface area (Å²) in [4.78, 5) is 0. The first kappa shape index (κ1) is 8.05. The van der Waals surface area contributed by atoms with Crippen LogP contribution in [-0.4, -0.2) is 24.3 Å². The van der Waals surface area contributed by atoms with E-state index in [1.54, 1.807) is 0 Å². The van der Waals surface area contributed by atoms with Crippen LogP contribution in [0, 0.1) is 11.8 Å². The molecule has 2 nitrogen and oxygen atoms in total. The Morgan fingerprint density at radius 3 is 2.60 bits per heavy atom. The summed E-state index contributed by atoms with van der Waals surface area (Å²) < 4.78 is 0. The molecule has 1 aliphatic heterocycles. The third kappa shape index (κ3) is 0.965. The van der Waals surface area contributed by atoms with Crippen LogP contribution in [0.25, 0.3) is 0 Å². The molecule has 3 heteroatoms. The fourth-order valence-corrected chi connectivity index (χ4v) is 1.64. The maximum absolute atomic E-state index is 8.79. The number of hydrogen-bond acceptors (Lipinski definition) is 2. The second kappa shape index (κ2) is 2.91. The van der Waals surface area contributed by atoms with E-state index in [9.17, 15) is 0 Å². The zero-order chi connectivity index (χ0) is 6.27. The van der Waals surface area contributed by atoms with Gasteiger partial charge in [-0.25, -0.2) is 0 Å². The Bertz CT molecular complexity index is 149. The summed E-state index contributed by atoms with van der Waals surface area (Å²) in [5.74, 6) is 1.36. The summed E-state index contributed by atoms with van der Waals surface area (Å²) in [5, 5.41) is 12.0.